The van der Waals surface area contributed by atoms with E-state index in [4.69, 9.17) is 5.73 Å². The van der Waals surface area contributed by atoms with Gasteiger partial charge in [0.05, 0.1) is 11.5 Å². The molecule has 0 aliphatic carbocycles. The average molecular weight is 223 g/mol. The second-order valence-electron chi connectivity index (χ2n) is 3.66. The summed E-state index contributed by atoms with van der Waals surface area (Å²) in [6, 6.07) is 0.227. The van der Waals surface area contributed by atoms with Crippen LogP contribution in [0.1, 0.15) is 19.8 Å². The molecule has 1 aliphatic heterocycles. The largest absolute Gasteiger partial charge is 0.328 e. The van der Waals surface area contributed by atoms with Gasteiger partial charge in [0.1, 0.15) is 0 Å². The topological polar surface area (TPSA) is 60.2 Å². The third-order valence-corrected chi connectivity index (χ3v) is 5.44. The average Bonchev–Trinajstić information content (AvgIpc) is 2.29. The Morgan fingerprint density at radius 2 is 2.31 bits per heavy atom. The zero-order valence-corrected chi connectivity index (χ0v) is 9.53. The van der Waals surface area contributed by atoms with Gasteiger partial charge in [-0.1, -0.05) is 0 Å². The van der Waals surface area contributed by atoms with Crippen LogP contribution in [0.15, 0.2) is 0 Å². The standard InChI is InChI=1S/C8H17NO2S2/c1-7(9)2-4-12-8-3-5-13(10,11)6-8/h7-8H,2-6,9H2,1H3. The van der Waals surface area contributed by atoms with E-state index in [9.17, 15) is 8.42 Å². The van der Waals surface area contributed by atoms with Gasteiger partial charge in [0.25, 0.3) is 0 Å². The van der Waals surface area contributed by atoms with Gasteiger partial charge in [-0.05, 0) is 25.5 Å². The van der Waals surface area contributed by atoms with Crippen molar-refractivity contribution in [2.75, 3.05) is 17.3 Å². The van der Waals surface area contributed by atoms with Crippen molar-refractivity contribution in [2.45, 2.75) is 31.1 Å². The van der Waals surface area contributed by atoms with Crippen molar-refractivity contribution in [3.05, 3.63) is 0 Å². The van der Waals surface area contributed by atoms with Crippen molar-refractivity contribution in [3.63, 3.8) is 0 Å². The first-order chi connectivity index (χ1) is 5.99. The van der Waals surface area contributed by atoms with Gasteiger partial charge in [0.2, 0.25) is 0 Å². The van der Waals surface area contributed by atoms with E-state index in [0.717, 1.165) is 18.6 Å². The summed E-state index contributed by atoms with van der Waals surface area (Å²) in [6.07, 6.45) is 1.80. The summed E-state index contributed by atoms with van der Waals surface area (Å²) in [5.74, 6) is 1.73. The zero-order valence-electron chi connectivity index (χ0n) is 7.90. The molecule has 0 aromatic rings. The lowest BCUT2D eigenvalue weighted by Crippen LogP contribution is -2.16. The molecule has 78 valence electrons. The Morgan fingerprint density at radius 3 is 2.77 bits per heavy atom. The number of hydrogen-bond donors (Lipinski definition) is 1. The Balaban J connectivity index is 2.18. The third kappa shape index (κ3) is 4.33. The van der Waals surface area contributed by atoms with Crippen LogP contribution in [0.5, 0.6) is 0 Å². The Kier molecular flexibility index (Phi) is 4.06. The van der Waals surface area contributed by atoms with Crippen molar-refractivity contribution in [1.82, 2.24) is 0 Å². The highest BCUT2D eigenvalue weighted by Gasteiger charge is 2.27. The van der Waals surface area contributed by atoms with Crippen molar-refractivity contribution < 1.29 is 8.42 Å². The predicted molar refractivity (Wildman–Crippen MR) is 57.8 cm³/mol. The van der Waals surface area contributed by atoms with E-state index in [2.05, 4.69) is 0 Å². The summed E-state index contributed by atoms with van der Waals surface area (Å²) in [6.45, 7) is 1.98. The molecule has 0 saturated carbocycles. The third-order valence-electron chi connectivity index (χ3n) is 2.12. The van der Waals surface area contributed by atoms with Crippen molar-refractivity contribution in [2.24, 2.45) is 5.73 Å². The van der Waals surface area contributed by atoms with Gasteiger partial charge in [-0.25, -0.2) is 8.42 Å². The van der Waals surface area contributed by atoms with Crippen LogP contribution in [0.4, 0.5) is 0 Å². The lowest BCUT2D eigenvalue weighted by molar-refractivity contribution is 0.602. The van der Waals surface area contributed by atoms with Crippen LogP contribution in [0.25, 0.3) is 0 Å². The molecule has 1 aliphatic rings. The Morgan fingerprint density at radius 1 is 1.62 bits per heavy atom. The lowest BCUT2D eigenvalue weighted by Gasteiger charge is -2.08. The summed E-state index contributed by atoms with van der Waals surface area (Å²) in [7, 11) is -2.70. The molecule has 13 heavy (non-hydrogen) atoms. The summed E-state index contributed by atoms with van der Waals surface area (Å²) in [4.78, 5) is 0. The minimum absolute atomic E-state index is 0.227. The molecule has 0 bridgehead atoms. The number of sulfone groups is 1. The fourth-order valence-corrected chi connectivity index (χ4v) is 5.14. The van der Waals surface area contributed by atoms with Gasteiger partial charge in [-0.15, -0.1) is 0 Å². The van der Waals surface area contributed by atoms with Crippen LogP contribution in [0.3, 0.4) is 0 Å². The predicted octanol–water partition coefficient (Wildman–Crippen LogP) is 0.644. The van der Waals surface area contributed by atoms with Gasteiger partial charge in [0.15, 0.2) is 9.84 Å². The van der Waals surface area contributed by atoms with Gasteiger partial charge in [-0.3, -0.25) is 0 Å². The fraction of sp³-hybridized carbons (Fsp3) is 1.00. The molecule has 2 N–H and O–H groups in total. The molecule has 2 unspecified atom stereocenters. The number of thioether (sulfide) groups is 1. The van der Waals surface area contributed by atoms with E-state index in [1.165, 1.54) is 0 Å². The minimum Gasteiger partial charge on any atom is -0.328 e. The molecule has 0 aromatic carbocycles. The first kappa shape index (κ1) is 11.3. The van der Waals surface area contributed by atoms with E-state index in [1.807, 2.05) is 6.92 Å². The molecule has 1 fully saturated rings. The van der Waals surface area contributed by atoms with Crippen LogP contribution in [0, 0.1) is 0 Å². The second kappa shape index (κ2) is 4.66. The van der Waals surface area contributed by atoms with E-state index in [-0.39, 0.29) is 6.04 Å². The fourth-order valence-electron chi connectivity index (χ4n) is 1.31. The summed E-state index contributed by atoms with van der Waals surface area (Å²) in [5.41, 5.74) is 5.60. The Hall–Kier alpha value is 0.260. The molecule has 0 spiro atoms. The maximum absolute atomic E-state index is 11.1. The maximum Gasteiger partial charge on any atom is 0.151 e. The smallest absolute Gasteiger partial charge is 0.151 e. The first-order valence-electron chi connectivity index (χ1n) is 4.57. The molecule has 1 heterocycles. The van der Waals surface area contributed by atoms with Gasteiger partial charge < -0.3 is 5.73 Å². The van der Waals surface area contributed by atoms with E-state index < -0.39 is 9.84 Å². The van der Waals surface area contributed by atoms with E-state index >= 15 is 0 Å². The monoisotopic (exact) mass is 223 g/mol. The molecular formula is C8H17NO2S2. The quantitative estimate of drug-likeness (QED) is 0.760. The maximum atomic E-state index is 11.1. The summed E-state index contributed by atoms with van der Waals surface area (Å²) in [5, 5.41) is 0.323. The summed E-state index contributed by atoms with van der Waals surface area (Å²) < 4.78 is 22.2. The Bertz CT molecular complexity index is 249. The highest BCUT2D eigenvalue weighted by atomic mass is 32.2. The molecule has 5 heteroatoms. The molecule has 0 aromatic heterocycles. The van der Waals surface area contributed by atoms with E-state index in [1.54, 1.807) is 11.8 Å². The van der Waals surface area contributed by atoms with Gasteiger partial charge in [0, 0.05) is 11.3 Å². The number of hydrogen-bond acceptors (Lipinski definition) is 4. The summed E-state index contributed by atoms with van der Waals surface area (Å²) >= 11 is 1.76. The molecule has 0 amide bonds. The van der Waals surface area contributed by atoms with Crippen molar-refractivity contribution in [1.29, 1.82) is 0 Å². The molecule has 1 rings (SSSR count). The minimum atomic E-state index is -2.70. The normalized spacial score (nSPS) is 28.9. The second-order valence-corrected chi connectivity index (χ2v) is 7.30. The van der Waals surface area contributed by atoms with Gasteiger partial charge >= 0.3 is 0 Å². The molecule has 2 atom stereocenters. The van der Waals surface area contributed by atoms with Crippen molar-refractivity contribution in [3.8, 4) is 0 Å². The number of rotatable bonds is 4. The SMILES string of the molecule is CC(N)CCSC1CCS(=O)(=O)C1. The first-order valence-corrected chi connectivity index (χ1v) is 7.44. The van der Waals surface area contributed by atoms with Crippen LogP contribution >= 0.6 is 11.8 Å². The molecule has 1 saturated heterocycles. The van der Waals surface area contributed by atoms with Crippen LogP contribution in [-0.2, 0) is 9.84 Å². The van der Waals surface area contributed by atoms with Crippen LogP contribution in [0.2, 0.25) is 0 Å². The van der Waals surface area contributed by atoms with Crippen LogP contribution < -0.4 is 5.73 Å². The highest BCUT2D eigenvalue weighted by molar-refractivity contribution is 8.01. The number of nitrogens with two attached hydrogens (primary N) is 1. The highest BCUT2D eigenvalue weighted by Crippen LogP contribution is 2.24. The van der Waals surface area contributed by atoms with Crippen molar-refractivity contribution >= 4 is 21.6 Å². The zero-order chi connectivity index (χ0) is 9.90. The molecule has 0 radical (unpaired) electrons. The molecular weight excluding hydrogens is 206 g/mol. The van der Waals surface area contributed by atoms with Gasteiger partial charge in [-0.2, -0.15) is 11.8 Å². The lowest BCUT2D eigenvalue weighted by atomic mass is 10.3. The van der Waals surface area contributed by atoms with E-state index in [0.29, 0.717) is 16.8 Å². The Labute approximate surface area is 84.4 Å². The van der Waals surface area contributed by atoms with Crippen LogP contribution in [-0.4, -0.2) is 37.0 Å². The molecule has 3 nitrogen and oxygen atoms in total.